The number of aliphatic hydroxyl groups is 1. The van der Waals surface area contributed by atoms with Gasteiger partial charge in [0.05, 0.1) is 30.5 Å². The first-order valence-corrected chi connectivity index (χ1v) is 3.71. The predicted molar refractivity (Wildman–Crippen MR) is 41.4 cm³/mol. The third-order valence-electron chi connectivity index (χ3n) is 1.59. The van der Waals surface area contributed by atoms with E-state index in [1.54, 1.807) is 0 Å². The van der Waals surface area contributed by atoms with Gasteiger partial charge in [-0.2, -0.15) is 0 Å². The van der Waals surface area contributed by atoms with E-state index in [9.17, 15) is 13.6 Å². The topological polar surface area (TPSA) is 70.4 Å². The molecule has 0 unspecified atom stereocenters. The van der Waals surface area contributed by atoms with E-state index in [0.717, 1.165) is 0 Å². The third-order valence-corrected chi connectivity index (χ3v) is 1.59. The van der Waals surface area contributed by atoms with Gasteiger partial charge in [0.15, 0.2) is 0 Å². The molecular formula is C8H7F2NO3. The summed E-state index contributed by atoms with van der Waals surface area (Å²) < 4.78 is 25.8. The highest BCUT2D eigenvalue weighted by Crippen LogP contribution is 2.21. The lowest BCUT2D eigenvalue weighted by Gasteiger charge is -2.09. The molecule has 0 saturated heterocycles. The Balaban J connectivity index is 2.99. The van der Waals surface area contributed by atoms with E-state index in [2.05, 4.69) is 4.98 Å². The molecule has 4 nitrogen and oxygen atoms in total. The summed E-state index contributed by atoms with van der Waals surface area (Å²) in [5.74, 6) is -3.45. The second-order valence-corrected chi connectivity index (χ2v) is 2.63. The maximum Gasteiger partial charge on any atom is 0.306 e. The molecule has 1 heterocycles. The minimum absolute atomic E-state index is 0.664. The standard InChI is InChI=1S/C8H7F2NO3/c9-4-2-11-3-5(10)8(4)6(12)1-7(13)14/h2-3,6,12H,1H2,(H,13,14)/t6-/m0/s1. The van der Waals surface area contributed by atoms with Crippen LogP contribution in [-0.4, -0.2) is 21.2 Å². The SMILES string of the molecule is O=C(O)C[C@H](O)c1c(F)cncc1F. The van der Waals surface area contributed by atoms with E-state index in [1.165, 1.54) is 0 Å². The van der Waals surface area contributed by atoms with E-state index < -0.39 is 35.7 Å². The van der Waals surface area contributed by atoms with Gasteiger partial charge in [0.2, 0.25) is 0 Å². The predicted octanol–water partition coefficient (Wildman–Crippen LogP) is 0.868. The highest BCUT2D eigenvalue weighted by molar-refractivity contribution is 5.67. The van der Waals surface area contributed by atoms with Crippen LogP contribution in [0.25, 0.3) is 0 Å². The Kier molecular flexibility index (Phi) is 3.08. The second kappa shape index (κ2) is 4.10. The lowest BCUT2D eigenvalue weighted by Crippen LogP contribution is -2.09. The van der Waals surface area contributed by atoms with Crippen LogP contribution < -0.4 is 0 Å². The van der Waals surface area contributed by atoms with Crippen LogP contribution >= 0.6 is 0 Å². The highest BCUT2D eigenvalue weighted by Gasteiger charge is 2.20. The molecule has 1 atom stereocenters. The number of carboxylic acid groups (broad SMARTS) is 1. The Morgan fingerprint density at radius 2 is 1.93 bits per heavy atom. The molecule has 76 valence electrons. The summed E-state index contributed by atoms with van der Waals surface area (Å²) in [5, 5.41) is 17.5. The maximum absolute atomic E-state index is 12.9. The molecular weight excluding hydrogens is 196 g/mol. The molecule has 1 aromatic heterocycles. The summed E-state index contributed by atoms with van der Waals surface area (Å²) in [7, 11) is 0. The minimum Gasteiger partial charge on any atom is -0.481 e. The van der Waals surface area contributed by atoms with E-state index in [0.29, 0.717) is 12.4 Å². The number of hydrogen-bond donors (Lipinski definition) is 2. The van der Waals surface area contributed by atoms with Crippen LogP contribution in [0.4, 0.5) is 8.78 Å². The van der Waals surface area contributed by atoms with Crippen LogP contribution in [0.3, 0.4) is 0 Å². The first-order chi connectivity index (χ1) is 6.52. The molecule has 6 heteroatoms. The Hall–Kier alpha value is -1.56. The van der Waals surface area contributed by atoms with Gasteiger partial charge >= 0.3 is 5.97 Å². The minimum atomic E-state index is -1.70. The molecule has 0 radical (unpaired) electrons. The molecule has 0 saturated carbocycles. The first-order valence-electron chi connectivity index (χ1n) is 3.71. The number of nitrogens with zero attached hydrogens (tertiary/aromatic N) is 1. The van der Waals surface area contributed by atoms with Crippen LogP contribution in [-0.2, 0) is 4.79 Å². The maximum atomic E-state index is 12.9. The van der Waals surface area contributed by atoms with Crippen molar-refractivity contribution in [1.82, 2.24) is 4.98 Å². The van der Waals surface area contributed by atoms with E-state index >= 15 is 0 Å². The Morgan fingerprint density at radius 3 is 2.36 bits per heavy atom. The Labute approximate surface area is 77.8 Å². The van der Waals surface area contributed by atoms with Crippen molar-refractivity contribution in [3.63, 3.8) is 0 Å². The molecule has 1 aromatic rings. The van der Waals surface area contributed by atoms with E-state index in [4.69, 9.17) is 10.2 Å². The van der Waals surface area contributed by atoms with Gasteiger partial charge in [-0.05, 0) is 0 Å². The van der Waals surface area contributed by atoms with Crippen molar-refractivity contribution in [2.24, 2.45) is 0 Å². The quantitative estimate of drug-likeness (QED) is 0.764. The molecule has 0 aromatic carbocycles. The van der Waals surface area contributed by atoms with Gasteiger partial charge in [-0.15, -0.1) is 0 Å². The van der Waals surface area contributed by atoms with Gasteiger partial charge in [-0.25, -0.2) is 8.78 Å². The Bertz CT molecular complexity index is 336. The Morgan fingerprint density at radius 1 is 1.43 bits per heavy atom. The lowest BCUT2D eigenvalue weighted by atomic mass is 10.1. The fraction of sp³-hybridized carbons (Fsp3) is 0.250. The average molecular weight is 203 g/mol. The largest absolute Gasteiger partial charge is 0.481 e. The van der Waals surface area contributed by atoms with Gasteiger partial charge in [-0.1, -0.05) is 0 Å². The molecule has 0 amide bonds. The summed E-state index contributed by atoms with van der Waals surface area (Å²) in [5.41, 5.74) is -0.664. The van der Waals surface area contributed by atoms with Crippen molar-refractivity contribution in [3.05, 3.63) is 29.6 Å². The van der Waals surface area contributed by atoms with E-state index in [1.807, 2.05) is 0 Å². The fourth-order valence-corrected chi connectivity index (χ4v) is 1.01. The zero-order valence-corrected chi connectivity index (χ0v) is 6.94. The monoisotopic (exact) mass is 203 g/mol. The molecule has 0 aliphatic rings. The number of aromatic nitrogens is 1. The normalized spacial score (nSPS) is 12.5. The fourth-order valence-electron chi connectivity index (χ4n) is 1.01. The third kappa shape index (κ3) is 2.23. The molecule has 0 fully saturated rings. The van der Waals surface area contributed by atoms with Gasteiger partial charge < -0.3 is 10.2 Å². The number of aliphatic carboxylic acids is 1. The lowest BCUT2D eigenvalue weighted by molar-refractivity contribution is -0.139. The average Bonchev–Trinajstić information content (AvgIpc) is 2.01. The summed E-state index contributed by atoms with van der Waals surface area (Å²) >= 11 is 0. The van der Waals surface area contributed by atoms with Crippen LogP contribution in [0, 0.1) is 11.6 Å². The number of carboxylic acids is 1. The van der Waals surface area contributed by atoms with E-state index in [-0.39, 0.29) is 0 Å². The van der Waals surface area contributed by atoms with Gasteiger partial charge in [0.25, 0.3) is 0 Å². The van der Waals surface area contributed by atoms with Crippen LogP contribution in [0.15, 0.2) is 12.4 Å². The van der Waals surface area contributed by atoms with Crippen LogP contribution in [0.1, 0.15) is 18.1 Å². The summed E-state index contributed by atoms with van der Waals surface area (Å²) in [4.78, 5) is 13.4. The number of pyridine rings is 1. The van der Waals surface area contributed by atoms with Crippen molar-refractivity contribution in [1.29, 1.82) is 0 Å². The first kappa shape index (κ1) is 10.5. The number of hydrogen-bond acceptors (Lipinski definition) is 3. The van der Waals surface area contributed by atoms with Crippen molar-refractivity contribution in [3.8, 4) is 0 Å². The molecule has 2 N–H and O–H groups in total. The zero-order valence-electron chi connectivity index (χ0n) is 6.94. The molecule has 0 aliphatic heterocycles. The van der Waals surface area contributed by atoms with Crippen molar-refractivity contribution in [2.75, 3.05) is 0 Å². The van der Waals surface area contributed by atoms with Gasteiger partial charge in [0, 0.05) is 0 Å². The number of rotatable bonds is 3. The highest BCUT2D eigenvalue weighted by atomic mass is 19.1. The zero-order chi connectivity index (χ0) is 10.7. The van der Waals surface area contributed by atoms with Crippen LogP contribution in [0.2, 0.25) is 0 Å². The smallest absolute Gasteiger partial charge is 0.306 e. The second-order valence-electron chi connectivity index (χ2n) is 2.63. The summed E-state index contributed by atoms with van der Waals surface area (Å²) in [6.45, 7) is 0. The molecule has 0 spiro atoms. The van der Waals surface area contributed by atoms with Crippen molar-refractivity contribution in [2.45, 2.75) is 12.5 Å². The molecule has 1 rings (SSSR count). The molecule has 0 bridgehead atoms. The summed E-state index contributed by atoms with van der Waals surface area (Å²) in [6.07, 6.45) is -1.03. The van der Waals surface area contributed by atoms with Crippen molar-refractivity contribution >= 4 is 5.97 Å². The molecule has 0 aliphatic carbocycles. The summed E-state index contributed by atoms with van der Waals surface area (Å²) in [6, 6.07) is 0. The molecule has 14 heavy (non-hydrogen) atoms. The number of halogens is 2. The number of carbonyl (C=O) groups is 1. The van der Waals surface area contributed by atoms with Crippen molar-refractivity contribution < 1.29 is 23.8 Å². The number of aliphatic hydroxyl groups excluding tert-OH is 1. The van der Waals surface area contributed by atoms with Gasteiger partial charge in [-0.3, -0.25) is 9.78 Å². The van der Waals surface area contributed by atoms with Gasteiger partial charge in [0.1, 0.15) is 11.6 Å². The van der Waals surface area contributed by atoms with Crippen LogP contribution in [0.5, 0.6) is 0 Å².